The number of fused-ring (bicyclic) bond motifs is 1. The number of para-hydroxylation sites is 1. The zero-order chi connectivity index (χ0) is 15.6. The highest BCUT2D eigenvalue weighted by atomic mass is 16.6. The molecule has 1 amide bonds. The fourth-order valence-electron chi connectivity index (χ4n) is 2.52. The number of carbonyl (C=O) groups excluding carboxylic acids is 1. The SMILES string of the molecule is CC(C)=CCc1cccc2c1N(C(=O)OC(C)(C)C)CC2. The Kier molecular flexibility index (Phi) is 4.40. The van der Waals surface area contributed by atoms with Gasteiger partial charge in [0.15, 0.2) is 0 Å². The Balaban J connectivity index is 2.29. The summed E-state index contributed by atoms with van der Waals surface area (Å²) in [5.41, 5.74) is 4.30. The number of benzene rings is 1. The van der Waals surface area contributed by atoms with E-state index in [9.17, 15) is 4.79 Å². The van der Waals surface area contributed by atoms with E-state index in [1.165, 1.54) is 16.7 Å². The maximum atomic E-state index is 12.4. The molecule has 1 aromatic rings. The van der Waals surface area contributed by atoms with Gasteiger partial charge < -0.3 is 4.74 Å². The van der Waals surface area contributed by atoms with E-state index in [0.717, 1.165) is 18.5 Å². The van der Waals surface area contributed by atoms with Crippen LogP contribution in [-0.4, -0.2) is 18.2 Å². The summed E-state index contributed by atoms with van der Waals surface area (Å²) in [6.45, 7) is 10.6. The molecule has 0 aliphatic carbocycles. The lowest BCUT2D eigenvalue weighted by Gasteiger charge is -2.26. The summed E-state index contributed by atoms with van der Waals surface area (Å²) in [4.78, 5) is 14.2. The van der Waals surface area contributed by atoms with Crippen LogP contribution in [0.15, 0.2) is 29.8 Å². The van der Waals surface area contributed by atoms with Crippen molar-refractivity contribution in [3.05, 3.63) is 41.0 Å². The van der Waals surface area contributed by atoms with E-state index >= 15 is 0 Å². The number of allylic oxidation sites excluding steroid dienone is 2. The zero-order valence-corrected chi connectivity index (χ0v) is 13.7. The Morgan fingerprint density at radius 1 is 1.33 bits per heavy atom. The normalized spacial score (nSPS) is 13.9. The van der Waals surface area contributed by atoms with Crippen molar-refractivity contribution in [2.24, 2.45) is 0 Å². The molecule has 114 valence electrons. The number of anilines is 1. The standard InChI is InChI=1S/C18H25NO2/c1-13(2)9-10-14-7-6-8-15-11-12-19(16(14)15)17(20)21-18(3,4)5/h6-9H,10-12H2,1-5H3. The summed E-state index contributed by atoms with van der Waals surface area (Å²) in [5.74, 6) is 0. The second kappa shape index (κ2) is 5.92. The topological polar surface area (TPSA) is 29.5 Å². The molecule has 0 spiro atoms. The van der Waals surface area contributed by atoms with Crippen LogP contribution in [0.1, 0.15) is 45.7 Å². The number of carbonyl (C=O) groups is 1. The molecule has 3 nitrogen and oxygen atoms in total. The van der Waals surface area contributed by atoms with Crippen LogP contribution in [0.5, 0.6) is 0 Å². The first kappa shape index (κ1) is 15.6. The van der Waals surface area contributed by atoms with Crippen LogP contribution in [0.4, 0.5) is 10.5 Å². The smallest absolute Gasteiger partial charge is 0.414 e. The fraction of sp³-hybridized carbons (Fsp3) is 0.500. The number of ether oxygens (including phenoxy) is 1. The zero-order valence-electron chi connectivity index (χ0n) is 13.7. The molecule has 0 unspecified atom stereocenters. The lowest BCUT2D eigenvalue weighted by atomic mass is 10.0. The molecule has 0 N–H and O–H groups in total. The molecule has 1 heterocycles. The highest BCUT2D eigenvalue weighted by Gasteiger charge is 2.30. The van der Waals surface area contributed by atoms with Crippen LogP contribution in [0.25, 0.3) is 0 Å². The molecule has 21 heavy (non-hydrogen) atoms. The van der Waals surface area contributed by atoms with Crippen molar-refractivity contribution < 1.29 is 9.53 Å². The number of hydrogen-bond donors (Lipinski definition) is 0. The Morgan fingerprint density at radius 2 is 2.05 bits per heavy atom. The summed E-state index contributed by atoms with van der Waals surface area (Å²) >= 11 is 0. The summed E-state index contributed by atoms with van der Waals surface area (Å²) in [7, 11) is 0. The van der Waals surface area contributed by atoms with Gasteiger partial charge in [-0.1, -0.05) is 29.8 Å². The van der Waals surface area contributed by atoms with E-state index in [2.05, 4.69) is 38.1 Å². The maximum Gasteiger partial charge on any atom is 0.414 e. The molecule has 1 aliphatic rings. The molecule has 0 bridgehead atoms. The molecule has 2 rings (SSSR count). The molecule has 0 saturated heterocycles. The van der Waals surface area contributed by atoms with Gasteiger partial charge in [0.25, 0.3) is 0 Å². The second-order valence-corrected chi connectivity index (χ2v) is 6.79. The molecule has 0 radical (unpaired) electrons. The van der Waals surface area contributed by atoms with Gasteiger partial charge in [0, 0.05) is 6.54 Å². The van der Waals surface area contributed by atoms with E-state index in [4.69, 9.17) is 4.74 Å². The highest BCUT2D eigenvalue weighted by Crippen LogP contribution is 2.33. The molecule has 0 aromatic heterocycles. The van der Waals surface area contributed by atoms with Crippen molar-refractivity contribution in [3.8, 4) is 0 Å². The summed E-state index contributed by atoms with van der Waals surface area (Å²) in [6, 6.07) is 6.28. The largest absolute Gasteiger partial charge is 0.443 e. The number of nitrogens with zero attached hydrogens (tertiary/aromatic N) is 1. The number of hydrogen-bond acceptors (Lipinski definition) is 2. The van der Waals surface area contributed by atoms with Gasteiger partial charge in [-0.3, -0.25) is 4.90 Å². The van der Waals surface area contributed by atoms with Crippen LogP contribution in [0, 0.1) is 0 Å². The van der Waals surface area contributed by atoms with Crippen LogP contribution < -0.4 is 4.90 Å². The third-order valence-electron chi connectivity index (χ3n) is 3.42. The summed E-state index contributed by atoms with van der Waals surface area (Å²) in [6.07, 6.45) is 3.70. The highest BCUT2D eigenvalue weighted by molar-refractivity contribution is 5.91. The average molecular weight is 287 g/mol. The molecule has 1 aliphatic heterocycles. The van der Waals surface area contributed by atoms with E-state index < -0.39 is 5.60 Å². The van der Waals surface area contributed by atoms with Gasteiger partial charge in [0.05, 0.1) is 5.69 Å². The molecular formula is C18H25NO2. The Morgan fingerprint density at radius 3 is 2.67 bits per heavy atom. The van der Waals surface area contributed by atoms with Crippen LogP contribution >= 0.6 is 0 Å². The summed E-state index contributed by atoms with van der Waals surface area (Å²) in [5, 5.41) is 0. The van der Waals surface area contributed by atoms with E-state index in [0.29, 0.717) is 6.54 Å². The first-order valence-corrected chi connectivity index (χ1v) is 7.52. The third-order valence-corrected chi connectivity index (χ3v) is 3.42. The lowest BCUT2D eigenvalue weighted by Crippen LogP contribution is -2.36. The van der Waals surface area contributed by atoms with Gasteiger partial charge in [-0.2, -0.15) is 0 Å². The van der Waals surface area contributed by atoms with Gasteiger partial charge in [-0.05, 0) is 58.6 Å². The average Bonchev–Trinajstić information content (AvgIpc) is 2.78. The third kappa shape index (κ3) is 3.87. The fourth-order valence-corrected chi connectivity index (χ4v) is 2.52. The Bertz CT molecular complexity index is 563. The van der Waals surface area contributed by atoms with Crippen molar-refractivity contribution in [1.29, 1.82) is 0 Å². The van der Waals surface area contributed by atoms with Crippen molar-refractivity contribution in [1.82, 2.24) is 0 Å². The van der Waals surface area contributed by atoms with Crippen LogP contribution in [-0.2, 0) is 17.6 Å². The lowest BCUT2D eigenvalue weighted by molar-refractivity contribution is 0.0583. The van der Waals surface area contributed by atoms with Gasteiger partial charge in [-0.25, -0.2) is 4.79 Å². The molecule has 0 atom stereocenters. The molecule has 0 fully saturated rings. The van der Waals surface area contributed by atoms with E-state index in [1.54, 1.807) is 4.90 Å². The monoisotopic (exact) mass is 287 g/mol. The van der Waals surface area contributed by atoms with Gasteiger partial charge >= 0.3 is 6.09 Å². The quantitative estimate of drug-likeness (QED) is 0.750. The van der Waals surface area contributed by atoms with Gasteiger partial charge in [-0.15, -0.1) is 0 Å². The van der Waals surface area contributed by atoms with Crippen molar-refractivity contribution in [3.63, 3.8) is 0 Å². The second-order valence-electron chi connectivity index (χ2n) is 6.79. The van der Waals surface area contributed by atoms with Crippen molar-refractivity contribution >= 4 is 11.8 Å². The predicted molar refractivity (Wildman–Crippen MR) is 86.9 cm³/mol. The van der Waals surface area contributed by atoms with Gasteiger partial charge in [0.1, 0.15) is 5.60 Å². The van der Waals surface area contributed by atoms with Crippen molar-refractivity contribution in [2.45, 2.75) is 53.1 Å². The summed E-state index contributed by atoms with van der Waals surface area (Å²) < 4.78 is 5.53. The molecular weight excluding hydrogens is 262 g/mol. The molecule has 0 saturated carbocycles. The van der Waals surface area contributed by atoms with Crippen LogP contribution in [0.3, 0.4) is 0 Å². The number of rotatable bonds is 2. The van der Waals surface area contributed by atoms with E-state index in [-0.39, 0.29) is 6.09 Å². The Labute approximate surface area is 127 Å². The van der Waals surface area contributed by atoms with Crippen LogP contribution in [0.2, 0.25) is 0 Å². The molecule has 3 heteroatoms. The molecule has 1 aromatic carbocycles. The predicted octanol–water partition coefficient (Wildman–Crippen LogP) is 4.49. The Hall–Kier alpha value is -1.77. The first-order valence-electron chi connectivity index (χ1n) is 7.52. The minimum absolute atomic E-state index is 0.245. The minimum atomic E-state index is -0.464. The number of amides is 1. The van der Waals surface area contributed by atoms with Crippen molar-refractivity contribution in [2.75, 3.05) is 11.4 Å². The maximum absolute atomic E-state index is 12.4. The minimum Gasteiger partial charge on any atom is -0.443 e. The van der Waals surface area contributed by atoms with E-state index in [1.807, 2.05) is 20.8 Å². The van der Waals surface area contributed by atoms with Gasteiger partial charge in [0.2, 0.25) is 0 Å². The first-order chi connectivity index (χ1) is 9.78.